The lowest BCUT2D eigenvalue weighted by Gasteiger charge is -2.38. The molecule has 0 aliphatic carbocycles. The zero-order valence-electron chi connectivity index (χ0n) is 62.1. The number of hydrogen-bond donors (Lipinski definition) is 0. The normalized spacial score (nSPS) is 12.7. The van der Waals surface area contributed by atoms with Crippen LogP contribution in [0, 0.1) is 0 Å². The molecule has 7 nitrogen and oxygen atoms in total. The zero-order chi connectivity index (χ0) is 68.1. The summed E-state index contributed by atoms with van der Waals surface area (Å²) in [7, 11) is 8.96. The van der Waals surface area contributed by atoms with Gasteiger partial charge in [0.05, 0.1) is 60.4 Å². The number of quaternary nitrogens is 3. The molecule has 0 amide bonds. The number of rotatable bonds is 57. The van der Waals surface area contributed by atoms with E-state index in [-0.39, 0.29) is 0 Å². The first-order valence-corrected chi connectivity index (χ1v) is 39.9. The van der Waals surface area contributed by atoms with E-state index < -0.39 is 7.82 Å². The summed E-state index contributed by atoms with van der Waals surface area (Å²) in [5.41, 5.74) is 4.32. The van der Waals surface area contributed by atoms with Crippen molar-refractivity contribution in [2.45, 2.75) is 347 Å². The maximum absolute atomic E-state index is 8.55. The number of benzene rings is 3. The molecule has 3 atom stereocenters. The van der Waals surface area contributed by atoms with E-state index in [9.17, 15) is 0 Å². The van der Waals surface area contributed by atoms with Crippen molar-refractivity contribution in [1.29, 1.82) is 0 Å². The smallest absolute Gasteiger partial charge is 0.104 e. The molecule has 0 N–H and O–H groups in total. The fourth-order valence-electron chi connectivity index (χ4n) is 13.6. The molecule has 0 saturated carbocycles. The second-order valence-corrected chi connectivity index (χ2v) is 30.2. The Morgan fingerprint density at radius 2 is 0.457 bits per heavy atom. The highest BCUT2D eigenvalue weighted by Crippen LogP contribution is 2.27. The predicted molar refractivity (Wildman–Crippen MR) is 401 cm³/mol. The van der Waals surface area contributed by atoms with Crippen molar-refractivity contribution in [3.8, 4) is 0 Å². The maximum Gasteiger partial charge on any atom is 0.104 e. The molecule has 0 aliphatic rings. The summed E-state index contributed by atoms with van der Waals surface area (Å²) in [6, 6.07) is 34.9. The molecule has 0 spiro atoms. The van der Waals surface area contributed by atoms with Gasteiger partial charge in [-0.15, -0.1) is 19.7 Å². The zero-order valence-corrected chi connectivity index (χ0v) is 63.0. The van der Waals surface area contributed by atoms with Crippen molar-refractivity contribution in [3.63, 3.8) is 0 Å². The van der Waals surface area contributed by atoms with Crippen molar-refractivity contribution >= 4 is 7.82 Å². The molecular formula is C84H150N3O4P. The molecule has 0 radical (unpaired) electrons. The topological polar surface area (TPSA) is 86.2 Å². The molecule has 3 aromatic carbocycles. The summed E-state index contributed by atoms with van der Waals surface area (Å²) >= 11 is 0. The lowest BCUT2D eigenvalue weighted by Crippen LogP contribution is -2.47. The van der Waals surface area contributed by atoms with Crippen molar-refractivity contribution in [3.05, 3.63) is 146 Å². The molecule has 3 unspecified atom stereocenters. The van der Waals surface area contributed by atoms with Gasteiger partial charge in [-0.05, 0) is 38.5 Å². The molecule has 530 valence electrons. The van der Waals surface area contributed by atoms with E-state index in [1.165, 1.54) is 286 Å². The van der Waals surface area contributed by atoms with E-state index >= 15 is 0 Å². The number of hydrogen-bond acceptors (Lipinski definition) is 4. The Bertz CT molecular complexity index is 1880. The van der Waals surface area contributed by atoms with Gasteiger partial charge in [0, 0.05) is 36.0 Å². The highest BCUT2D eigenvalue weighted by Gasteiger charge is 2.29. The van der Waals surface area contributed by atoms with Crippen LogP contribution in [0.4, 0.5) is 0 Å². The Morgan fingerprint density at radius 1 is 0.304 bits per heavy atom. The first-order chi connectivity index (χ1) is 44.3. The number of nitrogens with zero attached hydrogens (tertiary/aromatic N) is 3. The summed E-state index contributed by atoms with van der Waals surface area (Å²) in [6.07, 6.45) is 69.5. The average molecular weight is 1300 g/mol. The predicted octanol–water partition coefficient (Wildman–Crippen LogP) is 23.2. The minimum Gasteiger partial charge on any atom is -0.822 e. The third-order valence-corrected chi connectivity index (χ3v) is 19.5. The lowest BCUT2D eigenvalue weighted by atomic mass is 9.99. The SMILES string of the molecule is C=CCC(CCCCCCCCCCCCCCC)[N+](C)(C)Cc1ccccc1.C=CCC(CCCCCCCCCCCCCCC)[N+](C)(C)Cc1ccccc1.C=CCC(CCCCCCCCCCCCCCC)[N+](C)(C)Cc1ccccc1.O=P([O-])([O-])[O-]. The van der Waals surface area contributed by atoms with Crippen molar-refractivity contribution in [2.75, 3.05) is 42.3 Å². The van der Waals surface area contributed by atoms with Gasteiger partial charge in [-0.25, -0.2) is 0 Å². The van der Waals surface area contributed by atoms with Crippen molar-refractivity contribution in [1.82, 2.24) is 0 Å². The lowest BCUT2D eigenvalue weighted by molar-refractivity contribution is -0.928. The molecule has 0 heterocycles. The Morgan fingerprint density at radius 3 is 0.609 bits per heavy atom. The van der Waals surface area contributed by atoms with Crippen LogP contribution in [0.15, 0.2) is 129 Å². The molecule has 3 aromatic rings. The molecule has 92 heavy (non-hydrogen) atoms. The van der Waals surface area contributed by atoms with E-state index in [0.717, 1.165) is 52.3 Å². The van der Waals surface area contributed by atoms with E-state index in [0.29, 0.717) is 18.1 Å². The van der Waals surface area contributed by atoms with Gasteiger partial charge in [0.25, 0.3) is 0 Å². The molecule has 0 bridgehead atoms. The van der Waals surface area contributed by atoms with Crippen LogP contribution >= 0.6 is 7.82 Å². The van der Waals surface area contributed by atoms with Crippen molar-refractivity contribution < 1.29 is 32.7 Å². The average Bonchev–Trinajstić information content (AvgIpc) is 0.977. The Balaban J connectivity index is 0.00000130. The molecule has 8 heteroatoms. The second kappa shape index (κ2) is 60.3. The van der Waals surface area contributed by atoms with Crippen LogP contribution in [0.3, 0.4) is 0 Å². The Kier molecular flexibility index (Phi) is 58.2. The second-order valence-electron chi connectivity index (χ2n) is 29.3. The third kappa shape index (κ3) is 55.0. The van der Waals surface area contributed by atoms with Gasteiger partial charge in [-0.2, -0.15) is 7.82 Å². The summed E-state index contributed by atoms with van der Waals surface area (Å²) in [6.45, 7) is 22.3. The monoisotopic (exact) mass is 1300 g/mol. The van der Waals surface area contributed by atoms with Crippen LogP contribution < -0.4 is 14.7 Å². The summed E-state index contributed by atoms with van der Waals surface area (Å²) in [4.78, 5) is 25.6. The van der Waals surface area contributed by atoms with E-state index in [1.807, 2.05) is 0 Å². The quantitative estimate of drug-likeness (QED) is 0.0244. The van der Waals surface area contributed by atoms with Gasteiger partial charge in [-0.3, -0.25) is 0 Å². The van der Waals surface area contributed by atoms with Crippen LogP contribution in [0.5, 0.6) is 0 Å². The van der Waals surface area contributed by atoms with Gasteiger partial charge < -0.3 is 32.7 Å². The number of phosphoric acid groups is 1. The molecule has 3 rings (SSSR count). The van der Waals surface area contributed by atoms with Crippen LogP contribution in [0.1, 0.15) is 326 Å². The fourth-order valence-corrected chi connectivity index (χ4v) is 13.6. The Hall–Kier alpha value is -3.13. The first kappa shape index (κ1) is 88.9. The first-order valence-electron chi connectivity index (χ1n) is 38.4. The largest absolute Gasteiger partial charge is 0.822 e. The molecule has 0 aliphatic heterocycles. The van der Waals surface area contributed by atoms with Gasteiger partial charge >= 0.3 is 0 Å². The van der Waals surface area contributed by atoms with Gasteiger partial charge in [0.2, 0.25) is 0 Å². The van der Waals surface area contributed by atoms with Crippen LogP contribution in [0.25, 0.3) is 0 Å². The van der Waals surface area contributed by atoms with Crippen LogP contribution in [0.2, 0.25) is 0 Å². The third-order valence-electron chi connectivity index (χ3n) is 19.5. The van der Waals surface area contributed by atoms with E-state index in [2.05, 4.69) is 192 Å². The van der Waals surface area contributed by atoms with Gasteiger partial charge in [-0.1, -0.05) is 361 Å². The molecule has 0 aromatic heterocycles. The highest BCUT2D eigenvalue weighted by molar-refractivity contribution is 7.40. The molecule has 0 fully saturated rings. The van der Waals surface area contributed by atoms with E-state index in [1.54, 1.807) is 0 Å². The van der Waals surface area contributed by atoms with Gasteiger partial charge in [0.15, 0.2) is 0 Å². The summed E-state index contributed by atoms with van der Waals surface area (Å²) in [5.74, 6) is 0. The molecular weight excluding hydrogens is 1150 g/mol. The van der Waals surface area contributed by atoms with E-state index in [4.69, 9.17) is 19.2 Å². The Labute approximate surface area is 572 Å². The van der Waals surface area contributed by atoms with Crippen LogP contribution in [-0.4, -0.2) is 73.9 Å². The minimum absolute atomic E-state index is 0.681. The highest BCUT2D eigenvalue weighted by atomic mass is 31.2. The van der Waals surface area contributed by atoms with Gasteiger partial charge in [0.1, 0.15) is 19.6 Å². The van der Waals surface area contributed by atoms with Crippen LogP contribution in [-0.2, 0) is 24.2 Å². The van der Waals surface area contributed by atoms with Crippen molar-refractivity contribution in [2.24, 2.45) is 0 Å². The molecule has 0 saturated heterocycles. The summed E-state index contributed by atoms with van der Waals surface area (Å²) < 4.78 is 11.7. The maximum atomic E-state index is 8.55. The summed E-state index contributed by atoms with van der Waals surface area (Å²) in [5, 5.41) is 0. The fraction of sp³-hybridized carbons (Fsp3) is 0.714. The minimum atomic E-state index is -5.39. The standard InChI is InChI=1S/3C28H50N.H3O4P/c3*1-5-7-8-9-10-11-12-13-14-15-16-17-21-25-28(22-6-2)29(3,4)26-27-23-19-18-20-24-27;1-5(2,3)4/h3*6,18-20,23-24,28H,2,5,7-17,21-22,25-26H2,1,3-4H3;(H3,1,2,3,4)/q3*+1;/p-3. The number of unbranched alkanes of at least 4 members (excludes halogenated alkanes) is 36.